The van der Waals surface area contributed by atoms with Crippen LogP contribution in [-0.2, 0) is 0 Å². The monoisotopic (exact) mass is 369 g/mol. The molecule has 2 aliphatic rings. The van der Waals surface area contributed by atoms with Crippen molar-refractivity contribution in [1.82, 2.24) is 20.4 Å². The van der Waals surface area contributed by atoms with Gasteiger partial charge in [0.1, 0.15) is 0 Å². The maximum absolute atomic E-state index is 4.44. The van der Waals surface area contributed by atoms with Crippen LogP contribution in [0.4, 0.5) is 0 Å². The van der Waals surface area contributed by atoms with E-state index in [-0.39, 0.29) is 0 Å². The van der Waals surface area contributed by atoms with Gasteiger partial charge in [-0.15, -0.1) is 0 Å². The fourth-order valence-electron chi connectivity index (χ4n) is 4.05. The molecule has 0 bridgehead atoms. The average molecular weight is 370 g/mol. The number of hydrogen-bond acceptors (Lipinski definition) is 4. The standard InChI is InChI=1S/C19H39N5S/c1-20-18(21-11-5-8-16-25-3)22-17-19(9-14-23(2)15-10-19)24-12-6-4-7-13-24/h4-17H2,1-3H3,(H2,20,21,22). The number of thioether (sulfide) groups is 1. The van der Waals surface area contributed by atoms with Crippen molar-refractivity contribution in [2.24, 2.45) is 4.99 Å². The lowest BCUT2D eigenvalue weighted by atomic mass is 9.84. The van der Waals surface area contributed by atoms with Crippen molar-refractivity contribution in [3.63, 3.8) is 0 Å². The number of rotatable bonds is 8. The molecule has 0 aromatic carbocycles. The molecule has 0 aliphatic carbocycles. The Kier molecular flexibility index (Phi) is 9.42. The average Bonchev–Trinajstić information content (AvgIpc) is 2.66. The predicted molar refractivity (Wildman–Crippen MR) is 112 cm³/mol. The van der Waals surface area contributed by atoms with E-state index < -0.39 is 0 Å². The third-order valence-electron chi connectivity index (χ3n) is 5.82. The molecule has 0 aromatic heterocycles. The van der Waals surface area contributed by atoms with Gasteiger partial charge < -0.3 is 15.5 Å². The zero-order valence-corrected chi connectivity index (χ0v) is 17.5. The van der Waals surface area contributed by atoms with Gasteiger partial charge in [-0.3, -0.25) is 9.89 Å². The van der Waals surface area contributed by atoms with Gasteiger partial charge in [0.25, 0.3) is 0 Å². The molecule has 0 atom stereocenters. The summed E-state index contributed by atoms with van der Waals surface area (Å²) in [5.74, 6) is 2.22. The molecule has 0 spiro atoms. The van der Waals surface area contributed by atoms with Crippen molar-refractivity contribution >= 4 is 17.7 Å². The van der Waals surface area contributed by atoms with Crippen LogP contribution in [0.1, 0.15) is 44.9 Å². The van der Waals surface area contributed by atoms with Gasteiger partial charge in [0.2, 0.25) is 0 Å². The molecule has 2 saturated heterocycles. The molecule has 2 heterocycles. The first-order chi connectivity index (χ1) is 12.2. The van der Waals surface area contributed by atoms with Gasteiger partial charge in [-0.05, 0) is 83.8 Å². The van der Waals surface area contributed by atoms with Crippen LogP contribution in [0, 0.1) is 0 Å². The molecule has 0 saturated carbocycles. The van der Waals surface area contributed by atoms with Gasteiger partial charge in [-0.1, -0.05) is 6.42 Å². The lowest BCUT2D eigenvalue weighted by Gasteiger charge is -2.50. The lowest BCUT2D eigenvalue weighted by Crippen LogP contribution is -2.62. The van der Waals surface area contributed by atoms with Gasteiger partial charge in [0.15, 0.2) is 5.96 Å². The van der Waals surface area contributed by atoms with Gasteiger partial charge in [-0.2, -0.15) is 11.8 Å². The van der Waals surface area contributed by atoms with E-state index in [0.29, 0.717) is 5.54 Å². The van der Waals surface area contributed by atoms with E-state index in [1.165, 1.54) is 76.9 Å². The first-order valence-corrected chi connectivity index (χ1v) is 11.5. The van der Waals surface area contributed by atoms with Crippen LogP contribution in [-0.4, -0.2) is 86.7 Å². The first kappa shape index (κ1) is 20.8. The number of unbranched alkanes of at least 4 members (excludes halogenated alkanes) is 1. The van der Waals surface area contributed by atoms with Crippen molar-refractivity contribution in [3.8, 4) is 0 Å². The highest BCUT2D eigenvalue weighted by Crippen LogP contribution is 2.30. The normalized spacial score (nSPS) is 22.8. The summed E-state index contributed by atoms with van der Waals surface area (Å²) < 4.78 is 0. The predicted octanol–water partition coefficient (Wildman–Crippen LogP) is 2.24. The molecule has 2 N–H and O–H groups in total. The summed E-state index contributed by atoms with van der Waals surface area (Å²) in [6.07, 6.45) is 11.3. The highest BCUT2D eigenvalue weighted by atomic mass is 32.2. The molecule has 2 aliphatic heterocycles. The van der Waals surface area contributed by atoms with Gasteiger partial charge in [0, 0.05) is 25.7 Å². The smallest absolute Gasteiger partial charge is 0.191 e. The van der Waals surface area contributed by atoms with Crippen molar-refractivity contribution < 1.29 is 0 Å². The van der Waals surface area contributed by atoms with Gasteiger partial charge in [0.05, 0.1) is 0 Å². The molecule has 5 nitrogen and oxygen atoms in total. The van der Waals surface area contributed by atoms with Crippen molar-refractivity contribution in [2.45, 2.75) is 50.5 Å². The second-order valence-corrected chi connectivity index (χ2v) is 8.61. The largest absolute Gasteiger partial charge is 0.356 e. The van der Waals surface area contributed by atoms with Gasteiger partial charge in [-0.25, -0.2) is 0 Å². The van der Waals surface area contributed by atoms with Crippen LogP contribution in [0.15, 0.2) is 4.99 Å². The number of guanidine groups is 1. The minimum absolute atomic E-state index is 0.309. The summed E-state index contributed by atoms with van der Waals surface area (Å²) in [5, 5.41) is 7.15. The van der Waals surface area contributed by atoms with E-state index in [0.717, 1.165) is 19.0 Å². The number of aliphatic imine (C=N–C) groups is 1. The molecule has 0 unspecified atom stereocenters. The van der Waals surface area contributed by atoms with E-state index >= 15 is 0 Å². The molecule has 2 fully saturated rings. The highest BCUT2D eigenvalue weighted by molar-refractivity contribution is 7.98. The number of hydrogen-bond donors (Lipinski definition) is 2. The summed E-state index contributed by atoms with van der Waals surface area (Å²) in [5.41, 5.74) is 0.309. The third kappa shape index (κ3) is 6.65. The topological polar surface area (TPSA) is 42.9 Å². The number of nitrogens with one attached hydrogen (secondary N) is 2. The molecular formula is C19H39N5S. The van der Waals surface area contributed by atoms with E-state index in [4.69, 9.17) is 0 Å². The number of piperidine rings is 2. The van der Waals surface area contributed by atoms with Crippen molar-refractivity contribution in [1.29, 1.82) is 0 Å². The molecule has 2 rings (SSSR count). The van der Waals surface area contributed by atoms with E-state index in [9.17, 15) is 0 Å². The Bertz CT molecular complexity index is 387. The molecule has 6 heteroatoms. The minimum Gasteiger partial charge on any atom is -0.356 e. The number of likely N-dealkylation sites (tertiary alicyclic amines) is 2. The Morgan fingerprint density at radius 1 is 1.04 bits per heavy atom. The van der Waals surface area contributed by atoms with Crippen molar-refractivity contribution in [2.75, 3.05) is 65.4 Å². The van der Waals surface area contributed by atoms with E-state index in [1.807, 2.05) is 18.8 Å². The maximum atomic E-state index is 4.44. The van der Waals surface area contributed by atoms with Crippen molar-refractivity contribution in [3.05, 3.63) is 0 Å². The zero-order chi connectivity index (χ0) is 18.0. The first-order valence-electron chi connectivity index (χ1n) is 10.1. The molecule has 0 aromatic rings. The second kappa shape index (κ2) is 11.3. The molecule has 0 amide bonds. The molecular weight excluding hydrogens is 330 g/mol. The van der Waals surface area contributed by atoms with Gasteiger partial charge >= 0.3 is 0 Å². The summed E-state index contributed by atoms with van der Waals surface area (Å²) in [7, 11) is 4.14. The minimum atomic E-state index is 0.309. The van der Waals surface area contributed by atoms with Crippen LogP contribution in [0.2, 0.25) is 0 Å². The molecule has 0 radical (unpaired) electrons. The highest BCUT2D eigenvalue weighted by Gasteiger charge is 2.39. The van der Waals surface area contributed by atoms with E-state index in [2.05, 4.69) is 38.7 Å². The lowest BCUT2D eigenvalue weighted by molar-refractivity contribution is 0.0173. The second-order valence-electron chi connectivity index (χ2n) is 7.63. The Balaban J connectivity index is 1.85. The Morgan fingerprint density at radius 3 is 2.40 bits per heavy atom. The Hall–Kier alpha value is -0.460. The van der Waals surface area contributed by atoms with Crippen LogP contribution in [0.5, 0.6) is 0 Å². The fraction of sp³-hybridized carbons (Fsp3) is 0.947. The Morgan fingerprint density at radius 2 is 1.76 bits per heavy atom. The summed E-state index contributed by atoms with van der Waals surface area (Å²) in [6.45, 7) is 6.99. The SMILES string of the molecule is CN=C(NCCCCSC)NCC1(N2CCCCC2)CCN(C)CC1. The van der Waals surface area contributed by atoms with Crippen LogP contribution >= 0.6 is 11.8 Å². The third-order valence-corrected chi connectivity index (χ3v) is 6.52. The molecule has 25 heavy (non-hydrogen) atoms. The van der Waals surface area contributed by atoms with Crippen LogP contribution < -0.4 is 10.6 Å². The van der Waals surface area contributed by atoms with Crippen LogP contribution in [0.25, 0.3) is 0 Å². The van der Waals surface area contributed by atoms with E-state index in [1.54, 1.807) is 0 Å². The zero-order valence-electron chi connectivity index (χ0n) is 16.6. The quantitative estimate of drug-likeness (QED) is 0.390. The number of nitrogens with zero attached hydrogens (tertiary/aromatic N) is 3. The summed E-state index contributed by atoms with van der Waals surface area (Å²) in [6, 6.07) is 0. The molecule has 146 valence electrons. The fourth-order valence-corrected chi connectivity index (χ4v) is 4.55. The summed E-state index contributed by atoms with van der Waals surface area (Å²) >= 11 is 1.93. The Labute approximate surface area is 159 Å². The van der Waals surface area contributed by atoms with Crippen LogP contribution in [0.3, 0.4) is 0 Å². The summed E-state index contributed by atoms with van der Waals surface area (Å²) in [4.78, 5) is 9.69. The maximum Gasteiger partial charge on any atom is 0.191 e.